The topological polar surface area (TPSA) is 498 Å². The first-order valence-corrected chi connectivity index (χ1v) is 40.8. The second-order valence-electron chi connectivity index (χ2n) is 27.8. The van der Waals surface area contributed by atoms with Crippen molar-refractivity contribution in [2.45, 2.75) is 30.7 Å². The first-order valence-electron chi connectivity index (χ1n) is 40.8. The standard InChI is InChI=1S/C15H20O6.C13H16O7.C11H13NO.C9H11NO.C9H8O.2C8H6O3.2C7H6O3.2C7H6O2/c16-12-13-1-2-14-15(11-13)21-10-8-19-6-4-17-3-5-18-7-9-20-14;14-5-7-3-1-2-4-8(7)19-13-12(18)11(17)10(16)9(6-15)20-13;1-12(2)11-7-5-10(6-8-11)4-3-9-13;1-10(2)9-5-3-8(7-11)4-6-9;10-8-4-7-9-5-2-1-3-6-9;9-4-6-1-2-7-8(3-6)11-5-10-7;9-4-6-2-1-3-7-8(6)11-5-10-7;8-4-5-1-2-6(9)7(10)3-5;8-4-5-2-1-3-6(9)7(5)10;8-5-6-1-3-7(9)4-2-6;8-5-6-3-1-2-4-7(6)9/h1-2,11-12H,3-10H2;1-5,9-13,15-18H,6H2;3-9H,1-2H3;3-7H,1-2H3;1-8H;2*1-4H,5H2;2*1-4,9-10H;2*1-5,9H/b;;4-3+;;7-4+;;;;;;/t;9-,10-,11+,12-,13-;;;;;;;;;/m.1........./s1. The molecule has 1 fully saturated rings. The van der Waals surface area contributed by atoms with Crippen LogP contribution in [0.25, 0.3) is 12.2 Å². The number of hydrogen-bond donors (Lipinski definition) is 10. The number of benzene rings is 11. The minimum absolute atomic E-state index is 0.0347. The molecule has 0 bridgehead atoms. The van der Waals surface area contributed by atoms with Gasteiger partial charge in [-0.15, -0.1) is 0 Å². The van der Waals surface area contributed by atoms with Gasteiger partial charge in [-0.3, -0.25) is 52.7 Å². The molecule has 0 aliphatic carbocycles. The van der Waals surface area contributed by atoms with E-state index in [1.807, 2.05) is 117 Å². The fourth-order valence-electron chi connectivity index (χ4n) is 10.8. The van der Waals surface area contributed by atoms with E-state index in [1.165, 1.54) is 78.9 Å². The number of hydrogen-bond acceptors (Lipinski definition) is 34. The van der Waals surface area contributed by atoms with E-state index < -0.39 is 37.3 Å². The number of carbonyl (C=O) groups excluding carboxylic acids is 11. The van der Waals surface area contributed by atoms with Crippen molar-refractivity contribution >= 4 is 92.7 Å². The lowest BCUT2D eigenvalue weighted by atomic mass is 9.99. The Hall–Kier alpha value is -16.1. The number of rotatable bonds is 18. The van der Waals surface area contributed by atoms with Crippen molar-refractivity contribution in [2.24, 2.45) is 0 Å². The first kappa shape index (κ1) is 109. The number of aliphatic hydroxyl groups excluding tert-OH is 4. The Morgan fingerprint density at radius 1 is 0.326 bits per heavy atom. The summed E-state index contributed by atoms with van der Waals surface area (Å²) in [5.41, 5.74) is 8.36. The highest BCUT2D eigenvalue weighted by Crippen LogP contribution is 2.36. The third-order valence-electron chi connectivity index (χ3n) is 17.9. The third-order valence-corrected chi connectivity index (χ3v) is 17.9. The molecule has 0 spiro atoms. The normalized spacial score (nSPS) is 15.0. The van der Waals surface area contributed by atoms with Gasteiger partial charge in [-0.05, 0) is 187 Å². The van der Waals surface area contributed by atoms with Crippen LogP contribution in [0.2, 0.25) is 0 Å². The molecular formula is C101H104N2O32. The predicted octanol–water partition coefficient (Wildman–Crippen LogP) is 12.1. The van der Waals surface area contributed by atoms with Gasteiger partial charge < -0.3 is 113 Å². The van der Waals surface area contributed by atoms with Crippen LogP contribution in [0, 0.1) is 0 Å². The van der Waals surface area contributed by atoms with Crippen LogP contribution in [0.3, 0.4) is 0 Å². The zero-order chi connectivity index (χ0) is 98.5. The van der Waals surface area contributed by atoms with E-state index in [1.54, 1.807) is 109 Å². The molecule has 4 aliphatic rings. The van der Waals surface area contributed by atoms with E-state index in [0.29, 0.717) is 146 Å². The van der Waals surface area contributed by atoms with Crippen molar-refractivity contribution in [3.8, 4) is 74.7 Å². The van der Waals surface area contributed by atoms with Crippen LogP contribution in [0.15, 0.2) is 255 Å². The molecule has 0 amide bonds. The molecule has 34 heteroatoms. The quantitative estimate of drug-likeness (QED) is 0.0217. The smallest absolute Gasteiger partial charge is 0.231 e. The van der Waals surface area contributed by atoms with Crippen LogP contribution in [-0.4, -0.2) is 252 Å². The van der Waals surface area contributed by atoms with E-state index in [9.17, 15) is 68.1 Å². The van der Waals surface area contributed by atoms with Gasteiger partial charge in [0.05, 0.1) is 68.5 Å². The summed E-state index contributed by atoms with van der Waals surface area (Å²) in [4.78, 5) is 117. The number of nitrogens with zero attached hydrogens (tertiary/aromatic N) is 2. The van der Waals surface area contributed by atoms with Crippen LogP contribution < -0.4 is 43.0 Å². The van der Waals surface area contributed by atoms with Gasteiger partial charge in [-0.25, -0.2) is 0 Å². The maximum atomic E-state index is 10.9. The molecule has 0 saturated carbocycles. The number of ether oxygens (including phenoxy) is 11. The number of carbonyl (C=O) groups is 11. The summed E-state index contributed by atoms with van der Waals surface area (Å²) in [5.74, 6) is 2.95. The molecular weight excluding hydrogens is 1750 g/mol. The molecule has 710 valence electrons. The Labute approximate surface area is 777 Å². The van der Waals surface area contributed by atoms with Gasteiger partial charge in [-0.2, -0.15) is 0 Å². The molecule has 4 aliphatic heterocycles. The number of aliphatic hydroxyl groups is 4. The molecule has 0 aromatic heterocycles. The highest BCUT2D eigenvalue weighted by Gasteiger charge is 2.45. The molecule has 4 heterocycles. The molecule has 11 aromatic carbocycles. The summed E-state index contributed by atoms with van der Waals surface area (Å²) in [5, 5.41) is 91.1. The molecule has 1 saturated heterocycles. The van der Waals surface area contributed by atoms with E-state index in [4.69, 9.17) is 87.9 Å². The lowest BCUT2D eigenvalue weighted by Gasteiger charge is -2.39. The molecule has 0 radical (unpaired) electrons. The van der Waals surface area contributed by atoms with Gasteiger partial charge in [0, 0.05) is 67.4 Å². The maximum absolute atomic E-state index is 10.9. The number of phenols is 6. The van der Waals surface area contributed by atoms with Gasteiger partial charge in [0.15, 0.2) is 82.6 Å². The van der Waals surface area contributed by atoms with Crippen molar-refractivity contribution in [1.29, 1.82) is 0 Å². The Morgan fingerprint density at radius 3 is 1.23 bits per heavy atom. The van der Waals surface area contributed by atoms with E-state index in [0.717, 1.165) is 72.1 Å². The largest absolute Gasteiger partial charge is 0.508 e. The molecule has 5 atom stereocenters. The SMILES string of the molecule is CN(C)c1ccc(/C=C/C=O)cc1.CN(C)c1ccc(C=O)cc1.O=C/C=C/c1ccccc1.O=Cc1ccc(O)c(O)c1.O=Cc1ccc(O)cc1.O=Cc1ccc2c(c1)OCCOCCOCCOCCO2.O=Cc1ccc2c(c1)OCO2.O=Cc1cccc(O)c1O.O=Cc1cccc2c1OCO2.O=Cc1ccccc1O.O=Cc1ccccc1O[C@@H]1O[C@H](CO)[C@@H](O)[C@H](O)[C@H]1O. The fourth-order valence-corrected chi connectivity index (χ4v) is 10.8. The predicted molar refractivity (Wildman–Crippen MR) is 498 cm³/mol. The number of aldehydes is 11. The van der Waals surface area contributed by atoms with Crippen molar-refractivity contribution in [2.75, 3.05) is 111 Å². The summed E-state index contributed by atoms with van der Waals surface area (Å²) in [6, 6.07) is 67.4. The first-order chi connectivity index (χ1) is 65.4. The van der Waals surface area contributed by atoms with Crippen LogP contribution >= 0.6 is 0 Å². The Bertz CT molecular complexity index is 5500. The number of aromatic hydroxyl groups is 6. The average Bonchev–Trinajstić information content (AvgIpc) is 1.40. The average molecular weight is 1860 g/mol. The van der Waals surface area contributed by atoms with Crippen molar-refractivity contribution < 1.29 is 156 Å². The fraction of sp³-hybridized carbons (Fsp3) is 0.198. The summed E-state index contributed by atoms with van der Waals surface area (Å²) in [6.45, 7) is 3.74. The zero-order valence-electron chi connectivity index (χ0n) is 73.8. The van der Waals surface area contributed by atoms with E-state index in [2.05, 4.69) is 0 Å². The molecule has 34 nitrogen and oxygen atoms in total. The van der Waals surface area contributed by atoms with Gasteiger partial charge in [0.2, 0.25) is 19.9 Å². The monoisotopic (exact) mass is 1860 g/mol. The summed E-state index contributed by atoms with van der Waals surface area (Å²) < 4.78 is 58.1. The molecule has 0 unspecified atom stereocenters. The minimum atomic E-state index is -1.52. The van der Waals surface area contributed by atoms with Gasteiger partial charge >= 0.3 is 0 Å². The van der Waals surface area contributed by atoms with Crippen LogP contribution in [-0.2, 0) is 28.5 Å². The number of fused-ring (bicyclic) bond motifs is 3. The molecule has 15 rings (SSSR count). The van der Waals surface area contributed by atoms with Crippen molar-refractivity contribution in [3.63, 3.8) is 0 Å². The van der Waals surface area contributed by atoms with Crippen molar-refractivity contribution in [3.05, 3.63) is 316 Å². The van der Waals surface area contributed by atoms with Crippen LogP contribution in [0.5, 0.6) is 74.7 Å². The maximum Gasteiger partial charge on any atom is 0.231 e. The summed E-state index contributed by atoms with van der Waals surface area (Å²) >= 11 is 0. The summed E-state index contributed by atoms with van der Waals surface area (Å²) in [7, 11) is 7.93. The Kier molecular flexibility index (Phi) is 51.1. The third kappa shape index (κ3) is 40.1. The zero-order valence-corrected chi connectivity index (χ0v) is 73.8. The number of phenolic OH excluding ortho intramolecular Hbond substituents is 6. The number of allylic oxidation sites excluding steroid dienone is 2. The second kappa shape index (κ2) is 63.1. The van der Waals surface area contributed by atoms with Crippen LogP contribution in [0.4, 0.5) is 11.4 Å². The second-order valence-corrected chi connectivity index (χ2v) is 27.8. The molecule has 11 aromatic rings. The minimum Gasteiger partial charge on any atom is -0.508 e. The van der Waals surface area contributed by atoms with Gasteiger partial charge in [0.1, 0.15) is 98.9 Å². The highest BCUT2D eigenvalue weighted by atomic mass is 16.7. The Balaban J connectivity index is 0.000000266. The van der Waals surface area contributed by atoms with Gasteiger partial charge in [-0.1, -0.05) is 91.0 Å². The van der Waals surface area contributed by atoms with Crippen molar-refractivity contribution in [1.82, 2.24) is 0 Å². The van der Waals surface area contributed by atoms with Crippen LogP contribution in [0.1, 0.15) is 104 Å². The number of para-hydroxylation sites is 4. The molecule has 10 N–H and O–H groups in total. The Morgan fingerprint density at radius 2 is 0.733 bits per heavy atom. The van der Waals surface area contributed by atoms with Gasteiger partial charge in [0.25, 0.3) is 0 Å². The summed E-state index contributed by atoms with van der Waals surface area (Å²) in [6.07, 6.45) is 7.42. The van der Waals surface area contributed by atoms with E-state index >= 15 is 0 Å². The number of anilines is 2. The molecule has 135 heavy (non-hydrogen) atoms. The lowest BCUT2D eigenvalue weighted by molar-refractivity contribution is -0.277. The lowest BCUT2D eigenvalue weighted by Crippen LogP contribution is -2.60. The highest BCUT2D eigenvalue weighted by molar-refractivity contribution is 5.84. The van der Waals surface area contributed by atoms with E-state index in [-0.39, 0.29) is 65.0 Å².